The molecule has 5 nitrogen and oxygen atoms in total. The maximum atomic E-state index is 13.4. The van der Waals surface area contributed by atoms with Crippen LogP contribution in [0.4, 0.5) is 10.1 Å². The second-order valence-electron chi connectivity index (χ2n) is 4.29. The number of rotatable bonds is 9. The van der Waals surface area contributed by atoms with E-state index in [4.69, 9.17) is 9.47 Å². The highest BCUT2D eigenvalue weighted by atomic mass is 19.1. The average Bonchev–Trinajstić information content (AvgIpc) is 2.44. The highest BCUT2D eigenvalue weighted by Crippen LogP contribution is 2.12. The average molecular weight is 284 g/mol. The van der Waals surface area contributed by atoms with Crippen LogP contribution in [0.25, 0.3) is 0 Å². The van der Waals surface area contributed by atoms with Crippen molar-refractivity contribution in [3.05, 3.63) is 30.1 Å². The summed E-state index contributed by atoms with van der Waals surface area (Å²) in [6.45, 7) is 2.45. The van der Waals surface area contributed by atoms with Gasteiger partial charge in [-0.1, -0.05) is 12.1 Å². The molecular formula is C14H21FN2O3. The fourth-order valence-corrected chi connectivity index (χ4v) is 1.67. The molecule has 0 saturated heterocycles. The van der Waals surface area contributed by atoms with E-state index < -0.39 is 5.82 Å². The van der Waals surface area contributed by atoms with E-state index in [9.17, 15) is 9.18 Å². The molecule has 112 valence electrons. The molecule has 1 amide bonds. The Hall–Kier alpha value is -1.50. The highest BCUT2D eigenvalue weighted by molar-refractivity contribution is 5.92. The summed E-state index contributed by atoms with van der Waals surface area (Å²) in [5, 5.41) is 2.56. The molecule has 0 heterocycles. The number of methoxy groups -OCH3 is 2. The van der Waals surface area contributed by atoms with Crippen molar-refractivity contribution < 1.29 is 18.7 Å². The van der Waals surface area contributed by atoms with Crippen molar-refractivity contribution in [1.82, 2.24) is 4.90 Å². The van der Waals surface area contributed by atoms with Gasteiger partial charge in [-0.25, -0.2) is 4.39 Å². The Morgan fingerprint density at radius 3 is 2.35 bits per heavy atom. The van der Waals surface area contributed by atoms with Crippen LogP contribution in [-0.4, -0.2) is 57.9 Å². The molecule has 1 aromatic rings. The van der Waals surface area contributed by atoms with Gasteiger partial charge in [0, 0.05) is 27.3 Å². The molecule has 0 aliphatic carbocycles. The molecule has 0 atom stereocenters. The number of carbonyl (C=O) groups is 1. The van der Waals surface area contributed by atoms with Gasteiger partial charge in [-0.05, 0) is 12.1 Å². The highest BCUT2D eigenvalue weighted by Gasteiger charge is 2.12. The van der Waals surface area contributed by atoms with E-state index in [-0.39, 0.29) is 18.1 Å². The summed E-state index contributed by atoms with van der Waals surface area (Å²) in [6, 6.07) is 6.09. The Labute approximate surface area is 118 Å². The lowest BCUT2D eigenvalue weighted by molar-refractivity contribution is -0.117. The number of nitrogens with zero attached hydrogens (tertiary/aromatic N) is 1. The zero-order valence-electron chi connectivity index (χ0n) is 11.9. The second-order valence-corrected chi connectivity index (χ2v) is 4.29. The molecule has 0 fully saturated rings. The summed E-state index contributed by atoms with van der Waals surface area (Å²) < 4.78 is 23.4. The number of nitrogens with one attached hydrogen (secondary N) is 1. The van der Waals surface area contributed by atoms with Crippen LogP contribution in [0, 0.1) is 5.82 Å². The molecule has 1 N–H and O–H groups in total. The van der Waals surface area contributed by atoms with Gasteiger partial charge in [-0.2, -0.15) is 0 Å². The fourth-order valence-electron chi connectivity index (χ4n) is 1.67. The molecule has 0 aliphatic heterocycles. The van der Waals surface area contributed by atoms with E-state index in [1.807, 2.05) is 4.90 Å². The first-order chi connectivity index (χ1) is 9.67. The first kappa shape index (κ1) is 16.6. The minimum Gasteiger partial charge on any atom is -0.383 e. The lowest BCUT2D eigenvalue weighted by atomic mass is 10.3. The third-order valence-corrected chi connectivity index (χ3v) is 2.74. The number of ether oxygens (including phenoxy) is 2. The van der Waals surface area contributed by atoms with Gasteiger partial charge < -0.3 is 14.8 Å². The quantitative estimate of drug-likeness (QED) is 0.744. The summed E-state index contributed by atoms with van der Waals surface area (Å²) in [5.41, 5.74) is 0.191. The van der Waals surface area contributed by atoms with Crippen molar-refractivity contribution in [3.63, 3.8) is 0 Å². The van der Waals surface area contributed by atoms with Crippen LogP contribution in [0.2, 0.25) is 0 Å². The summed E-state index contributed by atoms with van der Waals surface area (Å²) in [7, 11) is 3.21. The molecule has 0 saturated carbocycles. The summed E-state index contributed by atoms with van der Waals surface area (Å²) >= 11 is 0. The molecule has 1 aromatic carbocycles. The molecule has 20 heavy (non-hydrogen) atoms. The number of halogens is 1. The number of amides is 1. The van der Waals surface area contributed by atoms with Crippen LogP contribution in [0.3, 0.4) is 0 Å². The number of hydrogen-bond donors (Lipinski definition) is 1. The Kier molecular flexibility index (Phi) is 7.79. The largest absolute Gasteiger partial charge is 0.383 e. The van der Waals surface area contributed by atoms with Crippen molar-refractivity contribution >= 4 is 11.6 Å². The van der Waals surface area contributed by atoms with Crippen molar-refractivity contribution in [2.24, 2.45) is 0 Å². The Morgan fingerprint density at radius 2 is 1.80 bits per heavy atom. The summed E-state index contributed by atoms with van der Waals surface area (Å²) in [5.74, 6) is -0.705. The van der Waals surface area contributed by atoms with Crippen LogP contribution in [0.1, 0.15) is 0 Å². The van der Waals surface area contributed by atoms with Crippen molar-refractivity contribution in [1.29, 1.82) is 0 Å². The van der Waals surface area contributed by atoms with Crippen LogP contribution in [0.5, 0.6) is 0 Å². The van der Waals surface area contributed by atoms with Gasteiger partial charge in [0.1, 0.15) is 5.82 Å². The topological polar surface area (TPSA) is 50.8 Å². The molecule has 0 aliphatic rings. The number of carbonyl (C=O) groups excluding carboxylic acids is 1. The number of para-hydroxylation sites is 1. The van der Waals surface area contributed by atoms with Gasteiger partial charge in [0.15, 0.2) is 0 Å². The number of anilines is 1. The van der Waals surface area contributed by atoms with Gasteiger partial charge in [-0.3, -0.25) is 9.69 Å². The van der Waals surface area contributed by atoms with E-state index in [1.54, 1.807) is 26.4 Å². The van der Waals surface area contributed by atoms with E-state index in [1.165, 1.54) is 12.1 Å². The maximum absolute atomic E-state index is 13.4. The lowest BCUT2D eigenvalue weighted by Crippen LogP contribution is -2.37. The summed E-state index contributed by atoms with van der Waals surface area (Å²) in [4.78, 5) is 13.8. The number of hydrogen-bond acceptors (Lipinski definition) is 4. The normalized spacial score (nSPS) is 10.8. The van der Waals surface area contributed by atoms with E-state index in [0.29, 0.717) is 26.3 Å². The van der Waals surface area contributed by atoms with Gasteiger partial charge in [0.25, 0.3) is 0 Å². The zero-order chi connectivity index (χ0) is 14.8. The standard InChI is InChI=1S/C14H21FN2O3/c1-19-9-7-17(8-10-20-2)11-14(18)16-13-6-4-3-5-12(13)15/h3-6H,7-11H2,1-2H3,(H,16,18). The minimum atomic E-state index is -0.443. The van der Waals surface area contributed by atoms with Gasteiger partial charge in [0.05, 0.1) is 25.4 Å². The monoisotopic (exact) mass is 284 g/mol. The molecule has 6 heteroatoms. The van der Waals surface area contributed by atoms with Crippen molar-refractivity contribution in [3.8, 4) is 0 Å². The van der Waals surface area contributed by atoms with Gasteiger partial charge >= 0.3 is 0 Å². The smallest absolute Gasteiger partial charge is 0.238 e. The predicted octanol–water partition coefficient (Wildman–Crippen LogP) is 1.36. The van der Waals surface area contributed by atoms with Crippen LogP contribution >= 0.6 is 0 Å². The number of benzene rings is 1. The Balaban J connectivity index is 2.50. The first-order valence-electron chi connectivity index (χ1n) is 6.42. The fraction of sp³-hybridized carbons (Fsp3) is 0.500. The molecule has 0 radical (unpaired) electrons. The zero-order valence-corrected chi connectivity index (χ0v) is 11.9. The minimum absolute atomic E-state index is 0.168. The lowest BCUT2D eigenvalue weighted by Gasteiger charge is -2.21. The molecular weight excluding hydrogens is 263 g/mol. The molecule has 0 bridgehead atoms. The van der Waals surface area contributed by atoms with Crippen LogP contribution < -0.4 is 5.32 Å². The molecule has 0 unspecified atom stereocenters. The summed E-state index contributed by atoms with van der Waals surface area (Å²) in [6.07, 6.45) is 0. The van der Waals surface area contributed by atoms with E-state index in [2.05, 4.69) is 5.32 Å². The maximum Gasteiger partial charge on any atom is 0.238 e. The van der Waals surface area contributed by atoms with Crippen LogP contribution in [0.15, 0.2) is 24.3 Å². The van der Waals surface area contributed by atoms with E-state index >= 15 is 0 Å². The Bertz CT molecular complexity index is 407. The molecule has 0 aromatic heterocycles. The van der Waals surface area contributed by atoms with Gasteiger partial charge in [-0.15, -0.1) is 0 Å². The molecule has 0 spiro atoms. The van der Waals surface area contributed by atoms with E-state index in [0.717, 1.165) is 0 Å². The Morgan fingerprint density at radius 1 is 1.20 bits per heavy atom. The van der Waals surface area contributed by atoms with Crippen molar-refractivity contribution in [2.75, 3.05) is 52.4 Å². The third-order valence-electron chi connectivity index (χ3n) is 2.74. The van der Waals surface area contributed by atoms with Gasteiger partial charge in [0.2, 0.25) is 5.91 Å². The third kappa shape index (κ3) is 6.10. The second kappa shape index (κ2) is 9.41. The molecule has 1 rings (SSSR count). The predicted molar refractivity (Wildman–Crippen MR) is 75.2 cm³/mol. The SMILES string of the molecule is COCCN(CCOC)CC(=O)Nc1ccccc1F. The van der Waals surface area contributed by atoms with Crippen LogP contribution in [-0.2, 0) is 14.3 Å². The van der Waals surface area contributed by atoms with Crippen molar-refractivity contribution in [2.45, 2.75) is 0 Å². The first-order valence-corrected chi connectivity index (χ1v) is 6.42.